The SMILES string of the molecule is CC(=O)N1CCN(C(=O)CCCc2nc(-c3ccncc3)no2)CC(O)C1. The molecule has 1 atom stereocenters. The van der Waals surface area contributed by atoms with E-state index in [1.165, 1.54) is 6.92 Å². The van der Waals surface area contributed by atoms with E-state index in [-0.39, 0.29) is 24.9 Å². The Morgan fingerprint density at radius 2 is 1.93 bits per heavy atom. The van der Waals surface area contributed by atoms with Gasteiger partial charge in [-0.1, -0.05) is 5.16 Å². The summed E-state index contributed by atoms with van der Waals surface area (Å²) in [6, 6.07) is 3.60. The second kappa shape index (κ2) is 8.72. The minimum atomic E-state index is -0.723. The van der Waals surface area contributed by atoms with Gasteiger partial charge in [-0.3, -0.25) is 14.6 Å². The molecule has 1 unspecified atom stereocenters. The summed E-state index contributed by atoms with van der Waals surface area (Å²) in [7, 11) is 0. The average molecular weight is 373 g/mol. The van der Waals surface area contributed by atoms with Crippen LogP contribution in [0.25, 0.3) is 11.4 Å². The van der Waals surface area contributed by atoms with E-state index in [9.17, 15) is 14.7 Å². The fourth-order valence-electron chi connectivity index (χ4n) is 3.03. The molecule has 0 radical (unpaired) electrons. The van der Waals surface area contributed by atoms with Gasteiger partial charge in [0.2, 0.25) is 23.5 Å². The molecule has 2 amide bonds. The van der Waals surface area contributed by atoms with Crippen LogP contribution in [0.3, 0.4) is 0 Å². The summed E-state index contributed by atoms with van der Waals surface area (Å²) >= 11 is 0. The number of hydrogen-bond donors (Lipinski definition) is 1. The van der Waals surface area contributed by atoms with E-state index < -0.39 is 6.10 Å². The highest BCUT2D eigenvalue weighted by Gasteiger charge is 2.25. The van der Waals surface area contributed by atoms with E-state index in [0.717, 1.165) is 5.56 Å². The smallest absolute Gasteiger partial charge is 0.226 e. The number of β-amino-alcohol motifs (C(OH)–C–C–N with tert-alkyl or cyclic N) is 1. The van der Waals surface area contributed by atoms with Gasteiger partial charge in [-0.15, -0.1) is 0 Å². The van der Waals surface area contributed by atoms with Crippen molar-refractivity contribution in [2.75, 3.05) is 26.2 Å². The first-order valence-electron chi connectivity index (χ1n) is 8.97. The zero-order valence-corrected chi connectivity index (χ0v) is 15.2. The maximum Gasteiger partial charge on any atom is 0.226 e. The van der Waals surface area contributed by atoms with Gasteiger partial charge >= 0.3 is 0 Å². The predicted molar refractivity (Wildman–Crippen MR) is 95.3 cm³/mol. The number of nitrogens with zero attached hydrogens (tertiary/aromatic N) is 5. The topological polar surface area (TPSA) is 113 Å². The van der Waals surface area contributed by atoms with Gasteiger partial charge < -0.3 is 19.4 Å². The third-order valence-electron chi connectivity index (χ3n) is 4.49. The number of aliphatic hydroxyl groups is 1. The molecule has 2 aromatic rings. The molecule has 3 rings (SSSR count). The number of amides is 2. The third kappa shape index (κ3) is 5.10. The van der Waals surface area contributed by atoms with Crippen LogP contribution < -0.4 is 0 Å². The van der Waals surface area contributed by atoms with Gasteiger partial charge in [0.1, 0.15) is 0 Å². The highest BCUT2D eigenvalue weighted by atomic mass is 16.5. The molecule has 1 aliphatic heterocycles. The number of aliphatic hydroxyl groups excluding tert-OH is 1. The van der Waals surface area contributed by atoms with E-state index in [1.807, 2.05) is 0 Å². The number of carbonyl (C=O) groups excluding carboxylic acids is 2. The molecule has 0 bridgehead atoms. The maximum atomic E-state index is 12.4. The third-order valence-corrected chi connectivity index (χ3v) is 4.49. The lowest BCUT2D eigenvalue weighted by molar-refractivity contribution is -0.132. The van der Waals surface area contributed by atoms with Gasteiger partial charge in [-0.05, 0) is 18.6 Å². The second-order valence-corrected chi connectivity index (χ2v) is 6.56. The normalized spacial score (nSPS) is 17.6. The van der Waals surface area contributed by atoms with Crippen molar-refractivity contribution in [1.29, 1.82) is 0 Å². The van der Waals surface area contributed by atoms with E-state index in [0.29, 0.717) is 44.1 Å². The summed E-state index contributed by atoms with van der Waals surface area (Å²) in [5.41, 5.74) is 0.824. The van der Waals surface area contributed by atoms with E-state index >= 15 is 0 Å². The minimum Gasteiger partial charge on any atom is -0.389 e. The van der Waals surface area contributed by atoms with E-state index in [1.54, 1.807) is 34.3 Å². The first-order valence-corrected chi connectivity index (χ1v) is 8.97. The Kier molecular flexibility index (Phi) is 6.12. The van der Waals surface area contributed by atoms with Crippen LogP contribution in [-0.2, 0) is 16.0 Å². The zero-order chi connectivity index (χ0) is 19.2. The van der Waals surface area contributed by atoms with Crippen LogP contribution >= 0.6 is 0 Å². The highest BCUT2D eigenvalue weighted by molar-refractivity contribution is 5.77. The fourth-order valence-corrected chi connectivity index (χ4v) is 3.03. The van der Waals surface area contributed by atoms with Crippen LogP contribution in [-0.4, -0.2) is 74.1 Å². The molecule has 1 N–H and O–H groups in total. The number of rotatable bonds is 5. The summed E-state index contributed by atoms with van der Waals surface area (Å²) in [6.45, 7) is 2.85. The van der Waals surface area contributed by atoms with E-state index in [4.69, 9.17) is 4.52 Å². The van der Waals surface area contributed by atoms with Crippen LogP contribution in [0.5, 0.6) is 0 Å². The molecule has 1 aliphatic rings. The first kappa shape index (κ1) is 19.0. The number of carbonyl (C=O) groups is 2. The Hall–Kier alpha value is -2.81. The summed E-state index contributed by atoms with van der Waals surface area (Å²) < 4.78 is 5.23. The fraction of sp³-hybridized carbons (Fsp3) is 0.500. The van der Waals surface area contributed by atoms with Crippen molar-refractivity contribution in [3.63, 3.8) is 0 Å². The van der Waals surface area contributed by atoms with Crippen LogP contribution in [0.1, 0.15) is 25.7 Å². The molecule has 3 heterocycles. The molecule has 0 saturated carbocycles. The monoisotopic (exact) mass is 373 g/mol. The Labute approximate surface area is 157 Å². The van der Waals surface area contributed by atoms with Crippen LogP contribution in [0.2, 0.25) is 0 Å². The number of aromatic nitrogens is 3. The summed E-state index contributed by atoms with van der Waals surface area (Å²) in [6.07, 6.45) is 3.98. The standard InChI is InChI=1S/C18H23N5O4/c1-13(24)22-9-10-23(12-15(25)11-22)17(26)4-2-3-16-20-18(21-27-16)14-5-7-19-8-6-14/h5-8,15,25H,2-4,9-12H2,1H3. The molecule has 1 saturated heterocycles. The van der Waals surface area contributed by atoms with Crippen LogP contribution in [0.15, 0.2) is 29.0 Å². The lowest BCUT2D eigenvalue weighted by Gasteiger charge is -2.21. The summed E-state index contributed by atoms with van der Waals surface area (Å²) in [4.78, 5) is 35.4. The molecule has 27 heavy (non-hydrogen) atoms. The molecule has 2 aromatic heterocycles. The summed E-state index contributed by atoms with van der Waals surface area (Å²) in [5, 5.41) is 14.0. The van der Waals surface area contributed by atoms with Gasteiger partial charge in [0, 0.05) is 63.9 Å². The van der Waals surface area contributed by atoms with Crippen molar-refractivity contribution in [2.45, 2.75) is 32.3 Å². The second-order valence-electron chi connectivity index (χ2n) is 6.56. The lowest BCUT2D eigenvalue weighted by atomic mass is 10.2. The lowest BCUT2D eigenvalue weighted by Crippen LogP contribution is -2.37. The number of hydrogen-bond acceptors (Lipinski definition) is 7. The predicted octanol–water partition coefficient (Wildman–Crippen LogP) is 0.506. The van der Waals surface area contributed by atoms with Gasteiger partial charge in [-0.2, -0.15) is 4.98 Å². The molecular formula is C18H23N5O4. The molecule has 9 nitrogen and oxygen atoms in total. The van der Waals surface area contributed by atoms with Gasteiger partial charge in [-0.25, -0.2) is 0 Å². The van der Waals surface area contributed by atoms with Crippen molar-refractivity contribution in [1.82, 2.24) is 24.9 Å². The Bertz CT molecular complexity index is 779. The van der Waals surface area contributed by atoms with Gasteiger partial charge in [0.05, 0.1) is 6.10 Å². The largest absolute Gasteiger partial charge is 0.389 e. The number of aryl methyl sites for hydroxylation is 1. The van der Waals surface area contributed by atoms with Gasteiger partial charge in [0.15, 0.2) is 0 Å². The van der Waals surface area contributed by atoms with Crippen molar-refractivity contribution in [3.8, 4) is 11.4 Å². The molecule has 1 fully saturated rings. The molecule has 0 aliphatic carbocycles. The zero-order valence-electron chi connectivity index (χ0n) is 15.2. The average Bonchev–Trinajstić information content (AvgIpc) is 3.03. The first-order chi connectivity index (χ1) is 13.0. The quantitative estimate of drug-likeness (QED) is 0.812. The molecule has 0 spiro atoms. The minimum absolute atomic E-state index is 0.0478. The van der Waals surface area contributed by atoms with Crippen molar-refractivity contribution < 1.29 is 19.2 Å². The Balaban J connectivity index is 1.48. The molecule has 9 heteroatoms. The summed E-state index contributed by atoms with van der Waals surface area (Å²) in [5.74, 6) is 0.838. The molecule has 144 valence electrons. The maximum absolute atomic E-state index is 12.4. The van der Waals surface area contributed by atoms with Crippen LogP contribution in [0, 0.1) is 0 Å². The molecule has 0 aromatic carbocycles. The molecular weight excluding hydrogens is 350 g/mol. The van der Waals surface area contributed by atoms with Gasteiger partial charge in [0.25, 0.3) is 0 Å². The van der Waals surface area contributed by atoms with Crippen LogP contribution in [0.4, 0.5) is 0 Å². The van der Waals surface area contributed by atoms with Crippen molar-refractivity contribution in [2.24, 2.45) is 0 Å². The van der Waals surface area contributed by atoms with Crippen molar-refractivity contribution >= 4 is 11.8 Å². The van der Waals surface area contributed by atoms with E-state index in [2.05, 4.69) is 15.1 Å². The Morgan fingerprint density at radius 3 is 2.67 bits per heavy atom. The van der Waals surface area contributed by atoms with Crippen molar-refractivity contribution in [3.05, 3.63) is 30.4 Å². The highest BCUT2D eigenvalue weighted by Crippen LogP contribution is 2.15. The Morgan fingerprint density at radius 1 is 1.22 bits per heavy atom. The number of pyridine rings is 1.